The second-order valence-corrected chi connectivity index (χ2v) is 12.1. The summed E-state index contributed by atoms with van der Waals surface area (Å²) in [5.41, 5.74) is 2.42. The molecule has 13 heteroatoms. The second kappa shape index (κ2) is 11.7. The molecule has 1 N–H and O–H groups in total. The van der Waals surface area contributed by atoms with E-state index in [-0.39, 0.29) is 26.9 Å². The van der Waals surface area contributed by atoms with Crippen LogP contribution in [0.2, 0.25) is 30.4 Å². The summed E-state index contributed by atoms with van der Waals surface area (Å²) in [6, 6.07) is 6.26. The second-order valence-electron chi connectivity index (χ2n) is 9.71. The van der Waals surface area contributed by atoms with Crippen molar-refractivity contribution in [1.29, 1.82) is 0 Å². The predicted molar refractivity (Wildman–Crippen MR) is 163 cm³/mol. The van der Waals surface area contributed by atoms with Gasteiger partial charge in [-0.25, -0.2) is 9.36 Å². The summed E-state index contributed by atoms with van der Waals surface area (Å²) in [7, 11) is 0. The average molecular weight is 665 g/mol. The van der Waals surface area contributed by atoms with Crippen molar-refractivity contribution >= 4 is 69.6 Å². The summed E-state index contributed by atoms with van der Waals surface area (Å²) in [6.45, 7) is 4.67. The van der Waals surface area contributed by atoms with Gasteiger partial charge >= 0.3 is 0 Å². The molecule has 4 heterocycles. The highest BCUT2D eigenvalue weighted by atomic mass is 35.5. The Morgan fingerprint density at radius 1 is 0.575 bits per heavy atom. The molecule has 7 nitrogen and oxygen atoms in total. The van der Waals surface area contributed by atoms with Gasteiger partial charge in [0.15, 0.2) is 0 Å². The molecule has 0 radical (unpaired) electrons. The molecule has 0 amide bonds. The van der Waals surface area contributed by atoms with Crippen molar-refractivity contribution in [2.24, 2.45) is 0 Å². The van der Waals surface area contributed by atoms with Gasteiger partial charge < -0.3 is 5.11 Å². The molecule has 2 aromatic carbocycles. The SMILES string of the molecule is Cc1cc(-c2c(Cl)n3n(c2=O)CCCC3)c(Cl)cc1Cl.O=c1c(-c2cc(O)c(Cl)cc2Cl)c(Cl)n2n1CCCC2. The van der Waals surface area contributed by atoms with Crippen LogP contribution in [0.5, 0.6) is 5.75 Å². The maximum atomic E-state index is 12.5. The zero-order valence-electron chi connectivity index (χ0n) is 21.3. The molecule has 0 unspecified atom stereocenters. The fourth-order valence-corrected chi connectivity index (χ4v) is 6.76. The third-order valence-electron chi connectivity index (χ3n) is 7.15. The maximum Gasteiger partial charge on any atom is 0.276 e. The summed E-state index contributed by atoms with van der Waals surface area (Å²) in [4.78, 5) is 25.0. The molecule has 0 bridgehead atoms. The molecular weight excluding hydrogens is 641 g/mol. The van der Waals surface area contributed by atoms with Gasteiger partial charge in [0.1, 0.15) is 16.1 Å². The number of phenols is 1. The Morgan fingerprint density at radius 2 is 0.975 bits per heavy atom. The van der Waals surface area contributed by atoms with Gasteiger partial charge in [-0.3, -0.25) is 19.0 Å². The highest BCUT2D eigenvalue weighted by molar-refractivity contribution is 6.39. The van der Waals surface area contributed by atoms with E-state index < -0.39 is 0 Å². The van der Waals surface area contributed by atoms with Gasteiger partial charge in [0, 0.05) is 42.3 Å². The number of hydrogen-bond acceptors (Lipinski definition) is 3. The number of aryl methyl sites for hydroxylation is 1. The minimum atomic E-state index is -0.196. The monoisotopic (exact) mass is 662 g/mol. The summed E-state index contributed by atoms with van der Waals surface area (Å²) in [6.07, 6.45) is 3.94. The fourth-order valence-electron chi connectivity index (χ4n) is 5.08. The molecule has 212 valence electrons. The lowest BCUT2D eigenvalue weighted by Crippen LogP contribution is -2.27. The Balaban J connectivity index is 0.000000161. The highest BCUT2D eigenvalue weighted by Crippen LogP contribution is 2.38. The van der Waals surface area contributed by atoms with Gasteiger partial charge in [0.05, 0.1) is 26.2 Å². The first-order valence-corrected chi connectivity index (χ1v) is 14.9. The van der Waals surface area contributed by atoms with Crippen molar-refractivity contribution in [2.45, 2.75) is 58.8 Å². The smallest absolute Gasteiger partial charge is 0.276 e. The minimum absolute atomic E-state index is 0.0849. The number of rotatable bonds is 2. The molecule has 0 aliphatic carbocycles. The van der Waals surface area contributed by atoms with Crippen molar-refractivity contribution in [3.63, 3.8) is 0 Å². The third kappa shape index (κ3) is 5.21. The van der Waals surface area contributed by atoms with E-state index in [1.165, 1.54) is 12.1 Å². The standard InChI is InChI=1S/C14H13Cl3N2O.C13H11Cl3N2O2/c1-8-6-9(11(16)7-10(8)15)12-13(17)18-4-2-3-5-19(18)14(12)20;14-8-6-9(15)10(19)5-7(8)11-12(16)17-3-1-2-4-18(17)13(11)20/h6-7H,2-5H2,1H3;5-6,19H,1-4H2. The van der Waals surface area contributed by atoms with E-state index in [0.29, 0.717) is 62.2 Å². The molecule has 0 spiro atoms. The van der Waals surface area contributed by atoms with Crippen LogP contribution in [0, 0.1) is 6.92 Å². The topological polar surface area (TPSA) is 74.1 Å². The molecular formula is C27H24Cl6N4O3. The summed E-state index contributed by atoms with van der Waals surface area (Å²) in [5.74, 6) is -0.129. The van der Waals surface area contributed by atoms with Crippen LogP contribution in [0.15, 0.2) is 33.9 Å². The zero-order valence-corrected chi connectivity index (χ0v) is 25.8. The zero-order chi connectivity index (χ0) is 28.9. The number of phenolic OH excluding ortho intramolecular Hbond substituents is 1. The molecule has 0 saturated carbocycles. The Bertz CT molecular complexity index is 1620. The molecule has 2 aliphatic rings. The molecule has 0 atom stereocenters. The van der Waals surface area contributed by atoms with E-state index in [0.717, 1.165) is 37.8 Å². The molecule has 4 aromatic rings. The molecule has 6 rings (SSSR count). The summed E-state index contributed by atoms with van der Waals surface area (Å²) < 4.78 is 6.90. The van der Waals surface area contributed by atoms with Gasteiger partial charge in [0.2, 0.25) is 0 Å². The van der Waals surface area contributed by atoms with Crippen LogP contribution in [0.25, 0.3) is 22.3 Å². The molecule has 0 saturated heterocycles. The lowest BCUT2D eigenvalue weighted by molar-refractivity contribution is 0.356. The van der Waals surface area contributed by atoms with E-state index in [9.17, 15) is 14.7 Å². The van der Waals surface area contributed by atoms with Crippen molar-refractivity contribution in [2.75, 3.05) is 0 Å². The number of aromatic hydroxyl groups is 1. The van der Waals surface area contributed by atoms with E-state index in [4.69, 9.17) is 69.6 Å². The Hall–Kier alpha value is -2.00. The number of halogens is 6. The third-order valence-corrected chi connectivity index (χ3v) is 9.25. The minimum Gasteiger partial charge on any atom is -0.506 e. The normalized spacial score (nSPS) is 14.4. The van der Waals surface area contributed by atoms with Crippen LogP contribution in [0.4, 0.5) is 0 Å². The van der Waals surface area contributed by atoms with Gasteiger partial charge in [-0.05, 0) is 62.4 Å². The van der Waals surface area contributed by atoms with Crippen LogP contribution >= 0.6 is 69.6 Å². The van der Waals surface area contributed by atoms with Crippen molar-refractivity contribution in [1.82, 2.24) is 18.7 Å². The van der Waals surface area contributed by atoms with Gasteiger partial charge in [-0.1, -0.05) is 69.6 Å². The van der Waals surface area contributed by atoms with E-state index >= 15 is 0 Å². The number of fused-ring (bicyclic) bond motifs is 2. The van der Waals surface area contributed by atoms with Crippen LogP contribution in [0.1, 0.15) is 31.2 Å². The molecule has 2 aromatic heterocycles. The van der Waals surface area contributed by atoms with Crippen molar-refractivity contribution < 1.29 is 5.11 Å². The summed E-state index contributed by atoms with van der Waals surface area (Å²) >= 11 is 36.9. The van der Waals surface area contributed by atoms with Crippen molar-refractivity contribution in [3.8, 4) is 28.0 Å². The first-order chi connectivity index (χ1) is 19.0. The van der Waals surface area contributed by atoms with Crippen LogP contribution in [-0.2, 0) is 26.2 Å². The van der Waals surface area contributed by atoms with Gasteiger partial charge in [-0.15, -0.1) is 0 Å². The first kappa shape index (κ1) is 29.5. The quantitative estimate of drug-likeness (QED) is 0.235. The number of benzene rings is 2. The van der Waals surface area contributed by atoms with Gasteiger partial charge in [-0.2, -0.15) is 0 Å². The summed E-state index contributed by atoms with van der Waals surface area (Å²) in [5, 5.41) is 12.0. The van der Waals surface area contributed by atoms with Crippen LogP contribution in [0.3, 0.4) is 0 Å². The highest BCUT2D eigenvalue weighted by Gasteiger charge is 2.25. The lowest BCUT2D eigenvalue weighted by Gasteiger charge is -2.17. The fraction of sp³-hybridized carbons (Fsp3) is 0.333. The van der Waals surface area contributed by atoms with E-state index in [1.54, 1.807) is 20.1 Å². The number of nitrogens with zero attached hydrogens (tertiary/aromatic N) is 4. The lowest BCUT2D eigenvalue weighted by atomic mass is 10.1. The first-order valence-electron chi connectivity index (χ1n) is 12.6. The van der Waals surface area contributed by atoms with E-state index in [1.807, 2.05) is 17.7 Å². The Kier molecular flexibility index (Phi) is 8.63. The number of aromatic nitrogens is 4. The number of hydrogen-bond donors (Lipinski definition) is 1. The maximum absolute atomic E-state index is 12.5. The van der Waals surface area contributed by atoms with Crippen molar-refractivity contribution in [3.05, 3.63) is 80.9 Å². The largest absolute Gasteiger partial charge is 0.506 e. The molecule has 0 fully saturated rings. The van der Waals surface area contributed by atoms with E-state index in [2.05, 4.69) is 0 Å². The molecule has 2 aliphatic heterocycles. The average Bonchev–Trinajstić information content (AvgIpc) is 3.33. The van der Waals surface area contributed by atoms with Gasteiger partial charge in [0.25, 0.3) is 11.1 Å². The predicted octanol–water partition coefficient (Wildman–Crippen LogP) is 8.16. The Labute approximate surface area is 259 Å². The Morgan fingerprint density at radius 3 is 1.43 bits per heavy atom. The molecule has 40 heavy (non-hydrogen) atoms. The van der Waals surface area contributed by atoms with Crippen LogP contribution in [-0.4, -0.2) is 23.8 Å². The van der Waals surface area contributed by atoms with Crippen LogP contribution < -0.4 is 11.1 Å².